The number of aromatic nitrogens is 1. The molecule has 0 saturated heterocycles. The third-order valence-electron chi connectivity index (χ3n) is 5.11. The minimum atomic E-state index is -0.590. The SMILES string of the molecule is CN1CCc2c(Cc3ccc(C(=O)NO)cc3)c3cc(F)cc(F)c3n2C1. The lowest BCUT2D eigenvalue weighted by Crippen LogP contribution is -2.31. The zero-order chi connectivity index (χ0) is 19.1. The summed E-state index contributed by atoms with van der Waals surface area (Å²) >= 11 is 0. The Morgan fingerprint density at radius 2 is 1.96 bits per heavy atom. The topological polar surface area (TPSA) is 57.5 Å². The predicted octanol–water partition coefficient (Wildman–Crippen LogP) is 3.07. The lowest BCUT2D eigenvalue weighted by molar-refractivity contribution is 0.0706. The number of amides is 1. The first kappa shape index (κ1) is 17.6. The van der Waals surface area contributed by atoms with Crippen LogP contribution in [0.1, 0.15) is 27.2 Å². The minimum Gasteiger partial charge on any atom is -0.328 e. The number of rotatable bonds is 3. The van der Waals surface area contributed by atoms with Crippen molar-refractivity contribution in [2.75, 3.05) is 13.6 Å². The van der Waals surface area contributed by atoms with Crippen LogP contribution in [0.2, 0.25) is 0 Å². The molecule has 0 fully saturated rings. The van der Waals surface area contributed by atoms with E-state index in [9.17, 15) is 13.6 Å². The van der Waals surface area contributed by atoms with E-state index < -0.39 is 17.5 Å². The monoisotopic (exact) mass is 371 g/mol. The minimum absolute atomic E-state index is 0.337. The fourth-order valence-electron chi connectivity index (χ4n) is 3.81. The third kappa shape index (κ3) is 3.09. The maximum Gasteiger partial charge on any atom is 0.274 e. The molecule has 0 radical (unpaired) electrons. The standard InChI is InChI=1S/C20H19F2N3O2/c1-24-7-6-18-15(8-12-2-4-13(5-3-12)20(26)23-27)16-9-14(21)10-17(22)19(16)25(18)11-24/h2-5,9-10,27H,6-8,11H2,1H3,(H,23,26). The average Bonchev–Trinajstić information content (AvgIpc) is 2.94. The number of likely N-dealkylation sites (N-methyl/N-ethyl adjacent to an activating group) is 1. The number of fused-ring (bicyclic) bond motifs is 3. The van der Waals surface area contributed by atoms with Gasteiger partial charge in [-0.2, -0.15) is 0 Å². The van der Waals surface area contributed by atoms with Gasteiger partial charge in [-0.05, 0) is 42.8 Å². The zero-order valence-corrected chi connectivity index (χ0v) is 14.8. The van der Waals surface area contributed by atoms with Gasteiger partial charge >= 0.3 is 0 Å². The lowest BCUT2D eigenvalue weighted by Gasteiger charge is -2.26. The molecule has 7 heteroatoms. The molecule has 1 aliphatic rings. The van der Waals surface area contributed by atoms with Crippen LogP contribution in [-0.2, 0) is 19.5 Å². The first-order valence-corrected chi connectivity index (χ1v) is 8.69. The molecule has 0 bridgehead atoms. The van der Waals surface area contributed by atoms with Crippen LogP contribution in [0, 0.1) is 11.6 Å². The Balaban J connectivity index is 1.80. The van der Waals surface area contributed by atoms with Crippen LogP contribution in [0.5, 0.6) is 0 Å². The van der Waals surface area contributed by atoms with E-state index in [4.69, 9.17) is 5.21 Å². The van der Waals surface area contributed by atoms with Crippen molar-refractivity contribution in [3.8, 4) is 0 Å². The second-order valence-electron chi connectivity index (χ2n) is 6.92. The van der Waals surface area contributed by atoms with E-state index in [-0.39, 0.29) is 0 Å². The Labute approximate surface area is 154 Å². The van der Waals surface area contributed by atoms with E-state index >= 15 is 0 Å². The average molecular weight is 371 g/mol. The highest BCUT2D eigenvalue weighted by Gasteiger charge is 2.24. The number of nitrogens with zero attached hydrogens (tertiary/aromatic N) is 2. The molecule has 0 atom stereocenters. The Morgan fingerprint density at radius 1 is 1.22 bits per heavy atom. The number of hydrogen-bond donors (Lipinski definition) is 2. The van der Waals surface area contributed by atoms with Gasteiger partial charge in [0.1, 0.15) is 11.6 Å². The number of carbonyl (C=O) groups is 1. The number of halogens is 2. The van der Waals surface area contributed by atoms with Crippen LogP contribution in [-0.4, -0.2) is 34.2 Å². The van der Waals surface area contributed by atoms with Gasteiger partial charge in [-0.1, -0.05) is 12.1 Å². The van der Waals surface area contributed by atoms with E-state index in [1.807, 2.05) is 11.6 Å². The van der Waals surface area contributed by atoms with Crippen LogP contribution >= 0.6 is 0 Å². The van der Waals surface area contributed by atoms with Crippen LogP contribution < -0.4 is 5.48 Å². The van der Waals surface area contributed by atoms with E-state index in [1.54, 1.807) is 29.7 Å². The molecule has 1 aromatic heterocycles. The smallest absolute Gasteiger partial charge is 0.274 e. The molecule has 0 aliphatic carbocycles. The molecule has 2 N–H and O–H groups in total. The van der Waals surface area contributed by atoms with Crippen molar-refractivity contribution in [3.05, 3.63) is 70.4 Å². The lowest BCUT2D eigenvalue weighted by atomic mass is 9.99. The molecule has 4 rings (SSSR count). The molecule has 3 aromatic rings. The number of hydrogen-bond acceptors (Lipinski definition) is 3. The molecule has 0 spiro atoms. The highest BCUT2D eigenvalue weighted by Crippen LogP contribution is 2.33. The fraction of sp³-hybridized carbons (Fsp3) is 0.250. The van der Waals surface area contributed by atoms with E-state index in [2.05, 4.69) is 4.90 Å². The largest absolute Gasteiger partial charge is 0.328 e. The Morgan fingerprint density at radius 3 is 2.67 bits per heavy atom. The molecular weight excluding hydrogens is 352 g/mol. The highest BCUT2D eigenvalue weighted by molar-refractivity contribution is 5.93. The number of benzene rings is 2. The summed E-state index contributed by atoms with van der Waals surface area (Å²) in [5.74, 6) is -1.73. The van der Waals surface area contributed by atoms with Gasteiger partial charge in [0.05, 0.1) is 12.2 Å². The van der Waals surface area contributed by atoms with Crippen molar-refractivity contribution < 1.29 is 18.8 Å². The molecule has 1 aliphatic heterocycles. The quantitative estimate of drug-likeness (QED) is 0.550. The Hall–Kier alpha value is -2.77. The highest BCUT2D eigenvalue weighted by atomic mass is 19.1. The molecular formula is C20H19F2N3O2. The summed E-state index contributed by atoms with van der Waals surface area (Å²) in [6.07, 6.45) is 1.26. The van der Waals surface area contributed by atoms with Gasteiger partial charge in [0.25, 0.3) is 5.91 Å². The van der Waals surface area contributed by atoms with Crippen LogP contribution in [0.25, 0.3) is 10.9 Å². The second kappa shape index (κ2) is 6.75. The van der Waals surface area contributed by atoms with Gasteiger partial charge in [-0.15, -0.1) is 0 Å². The molecule has 5 nitrogen and oxygen atoms in total. The fourth-order valence-corrected chi connectivity index (χ4v) is 3.81. The van der Waals surface area contributed by atoms with Gasteiger partial charge < -0.3 is 4.57 Å². The van der Waals surface area contributed by atoms with E-state index in [1.165, 1.54) is 6.07 Å². The zero-order valence-electron chi connectivity index (χ0n) is 14.8. The summed E-state index contributed by atoms with van der Waals surface area (Å²) in [4.78, 5) is 13.6. The second-order valence-corrected chi connectivity index (χ2v) is 6.92. The third-order valence-corrected chi connectivity index (χ3v) is 5.11. The summed E-state index contributed by atoms with van der Waals surface area (Å²) in [5, 5.41) is 9.30. The Kier molecular flexibility index (Phi) is 4.41. The normalized spacial score (nSPS) is 14.4. The van der Waals surface area contributed by atoms with Gasteiger partial charge in [0.15, 0.2) is 0 Å². The molecule has 140 valence electrons. The first-order valence-electron chi connectivity index (χ1n) is 8.69. The van der Waals surface area contributed by atoms with Crippen LogP contribution in [0.4, 0.5) is 8.78 Å². The molecule has 27 heavy (non-hydrogen) atoms. The van der Waals surface area contributed by atoms with Crippen molar-refractivity contribution >= 4 is 16.8 Å². The maximum absolute atomic E-state index is 14.5. The number of carbonyl (C=O) groups excluding carboxylic acids is 1. The summed E-state index contributed by atoms with van der Waals surface area (Å²) in [7, 11) is 1.97. The van der Waals surface area contributed by atoms with Crippen LogP contribution in [0.15, 0.2) is 36.4 Å². The van der Waals surface area contributed by atoms with Crippen molar-refractivity contribution in [2.24, 2.45) is 0 Å². The van der Waals surface area contributed by atoms with Gasteiger partial charge in [-0.25, -0.2) is 14.3 Å². The predicted molar refractivity (Wildman–Crippen MR) is 96.7 cm³/mol. The maximum atomic E-state index is 14.5. The summed E-state index contributed by atoms with van der Waals surface area (Å²) in [6, 6.07) is 9.11. The summed E-state index contributed by atoms with van der Waals surface area (Å²) in [5.41, 5.74) is 5.22. The first-order chi connectivity index (χ1) is 13.0. The van der Waals surface area contributed by atoms with Crippen LogP contribution in [0.3, 0.4) is 0 Å². The van der Waals surface area contributed by atoms with Crippen molar-refractivity contribution in [2.45, 2.75) is 19.5 Å². The molecule has 1 amide bonds. The molecule has 0 unspecified atom stereocenters. The van der Waals surface area contributed by atoms with Crippen molar-refractivity contribution in [1.82, 2.24) is 14.9 Å². The van der Waals surface area contributed by atoms with Crippen molar-refractivity contribution in [1.29, 1.82) is 0 Å². The van der Waals surface area contributed by atoms with Gasteiger partial charge in [0, 0.05) is 35.7 Å². The van der Waals surface area contributed by atoms with Gasteiger partial charge in [0.2, 0.25) is 0 Å². The molecule has 2 heterocycles. The van der Waals surface area contributed by atoms with E-state index in [0.29, 0.717) is 29.6 Å². The van der Waals surface area contributed by atoms with Gasteiger partial charge in [-0.3, -0.25) is 14.9 Å². The van der Waals surface area contributed by atoms with E-state index in [0.717, 1.165) is 35.9 Å². The molecule has 2 aromatic carbocycles. The number of nitrogens with one attached hydrogen (secondary N) is 1. The summed E-state index contributed by atoms with van der Waals surface area (Å²) in [6.45, 7) is 1.41. The van der Waals surface area contributed by atoms with Crippen molar-refractivity contribution in [3.63, 3.8) is 0 Å². The number of hydroxylamine groups is 1. The Bertz CT molecular complexity index is 1030. The molecule has 0 saturated carbocycles. The summed E-state index contributed by atoms with van der Waals surface area (Å²) < 4.78 is 30.4.